The minimum atomic E-state index is -1.85. The number of carbonyl (C=O) groups excluding carboxylic acids is 2. The first-order valence-corrected chi connectivity index (χ1v) is 8.56. The number of hydrogen-bond acceptors (Lipinski definition) is 4. The highest BCUT2D eigenvalue weighted by atomic mass is 35.6. The van der Waals surface area contributed by atoms with Crippen LogP contribution in [0.5, 0.6) is 0 Å². The minimum absolute atomic E-state index is 0.101. The Bertz CT molecular complexity index is 648. The molecule has 0 aliphatic heterocycles. The fourth-order valence-corrected chi connectivity index (χ4v) is 2.17. The molecule has 1 aromatic rings. The van der Waals surface area contributed by atoms with Gasteiger partial charge in [-0.15, -0.1) is 0 Å². The van der Waals surface area contributed by atoms with E-state index in [4.69, 9.17) is 51.8 Å². The smallest absolute Gasteiger partial charge is 0.338 e. The molecule has 136 valence electrons. The number of carbonyl (C=O) groups is 2. The lowest BCUT2D eigenvalue weighted by molar-refractivity contribution is -0.117. The number of ether oxygens (including phenoxy) is 1. The Morgan fingerprint density at radius 2 is 1.88 bits per heavy atom. The molecule has 1 atom stereocenters. The van der Waals surface area contributed by atoms with Crippen LogP contribution in [0, 0.1) is 0 Å². The van der Waals surface area contributed by atoms with Gasteiger partial charge in [0.05, 0.1) is 12.2 Å². The molecule has 1 amide bonds. The molecule has 0 fully saturated rings. The van der Waals surface area contributed by atoms with Crippen LogP contribution in [0.1, 0.15) is 17.3 Å². The Kier molecular flexibility index (Phi) is 8.44. The van der Waals surface area contributed by atoms with E-state index >= 15 is 0 Å². The van der Waals surface area contributed by atoms with Crippen molar-refractivity contribution in [1.82, 2.24) is 10.6 Å². The van der Waals surface area contributed by atoms with E-state index in [9.17, 15) is 9.59 Å². The zero-order chi connectivity index (χ0) is 19.0. The van der Waals surface area contributed by atoms with Gasteiger partial charge in [-0.25, -0.2) is 4.79 Å². The van der Waals surface area contributed by atoms with Gasteiger partial charge in [-0.3, -0.25) is 4.79 Å². The first-order valence-electron chi connectivity index (χ1n) is 7.01. The fourth-order valence-electron chi connectivity index (χ4n) is 1.60. The maximum absolute atomic E-state index is 11.6. The van der Waals surface area contributed by atoms with Crippen molar-refractivity contribution in [3.8, 4) is 0 Å². The highest BCUT2D eigenvalue weighted by Gasteiger charge is 2.34. The highest BCUT2D eigenvalue weighted by molar-refractivity contribution is 7.80. The summed E-state index contributed by atoms with van der Waals surface area (Å²) in [5, 5.41) is 8.04. The lowest BCUT2D eigenvalue weighted by Crippen LogP contribution is -2.55. The van der Waals surface area contributed by atoms with E-state index in [0.717, 1.165) is 6.08 Å². The summed E-state index contributed by atoms with van der Waals surface area (Å²) >= 11 is 22.6. The monoisotopic (exact) mass is 423 g/mol. The number of amides is 1. The maximum Gasteiger partial charge on any atom is 0.338 e. The molecule has 10 heteroatoms. The van der Waals surface area contributed by atoms with Gasteiger partial charge in [-0.2, -0.15) is 0 Å². The predicted octanol–water partition coefficient (Wildman–Crippen LogP) is 3.15. The third-order valence-electron chi connectivity index (χ3n) is 2.73. The summed E-state index contributed by atoms with van der Waals surface area (Å²) < 4.78 is 3.05. The van der Waals surface area contributed by atoms with Crippen molar-refractivity contribution in [2.45, 2.75) is 16.9 Å². The number of hydrogen-bond donors (Lipinski definition) is 3. The van der Waals surface area contributed by atoms with E-state index in [1.807, 2.05) is 0 Å². The molecule has 1 rings (SSSR count). The van der Waals surface area contributed by atoms with Crippen molar-refractivity contribution in [2.24, 2.45) is 0 Å². The number of nitrogens with one attached hydrogen (secondary N) is 3. The Balaban J connectivity index is 2.72. The maximum atomic E-state index is 11.6. The van der Waals surface area contributed by atoms with Crippen LogP contribution in [-0.4, -0.2) is 33.6 Å². The molecule has 0 radical (unpaired) electrons. The van der Waals surface area contributed by atoms with Gasteiger partial charge in [0, 0.05) is 5.69 Å². The summed E-state index contributed by atoms with van der Waals surface area (Å²) in [7, 11) is 0. The van der Waals surface area contributed by atoms with E-state index in [2.05, 4.69) is 22.5 Å². The molecule has 0 aliphatic carbocycles. The Morgan fingerprint density at radius 3 is 2.36 bits per heavy atom. The van der Waals surface area contributed by atoms with Crippen LogP contribution in [0.25, 0.3) is 0 Å². The Hall–Kier alpha value is -1.54. The molecule has 1 aromatic carbocycles. The van der Waals surface area contributed by atoms with Crippen LogP contribution in [0.4, 0.5) is 5.69 Å². The van der Waals surface area contributed by atoms with Crippen LogP contribution in [0.15, 0.2) is 36.9 Å². The highest BCUT2D eigenvalue weighted by Crippen LogP contribution is 2.29. The van der Waals surface area contributed by atoms with Crippen LogP contribution < -0.4 is 16.0 Å². The number of rotatable bonds is 6. The quantitative estimate of drug-likeness (QED) is 0.214. The van der Waals surface area contributed by atoms with E-state index in [0.29, 0.717) is 17.9 Å². The summed E-state index contributed by atoms with van der Waals surface area (Å²) in [4.78, 5) is 23.0. The van der Waals surface area contributed by atoms with Crippen molar-refractivity contribution >= 4 is 69.7 Å². The van der Waals surface area contributed by atoms with Crippen molar-refractivity contribution in [2.75, 3.05) is 11.9 Å². The topological polar surface area (TPSA) is 79.5 Å². The lowest BCUT2D eigenvalue weighted by Gasteiger charge is -2.27. The summed E-state index contributed by atoms with van der Waals surface area (Å²) in [6.07, 6.45) is -0.0443. The third kappa shape index (κ3) is 7.48. The molecule has 3 N–H and O–H groups in total. The number of halogens is 3. The fraction of sp³-hybridized carbons (Fsp3) is 0.267. The second-order valence-corrected chi connectivity index (χ2v) is 7.36. The number of benzene rings is 1. The summed E-state index contributed by atoms with van der Waals surface area (Å²) in [5.41, 5.74) is 0.993. The molecule has 25 heavy (non-hydrogen) atoms. The predicted molar refractivity (Wildman–Crippen MR) is 104 cm³/mol. The van der Waals surface area contributed by atoms with Crippen molar-refractivity contribution in [1.29, 1.82) is 0 Å². The summed E-state index contributed by atoms with van der Waals surface area (Å²) in [6, 6.07) is 6.42. The molecule has 6 nitrogen and oxygen atoms in total. The second-order valence-electron chi connectivity index (χ2n) is 4.58. The SMILES string of the molecule is C=CC(=O)N[C@H](NC(=S)Nc1ccc(C(=O)OCC)cc1)C(Cl)(Cl)Cl. The molecule has 0 aliphatic rings. The largest absolute Gasteiger partial charge is 0.462 e. The van der Waals surface area contributed by atoms with E-state index < -0.39 is 21.8 Å². The van der Waals surface area contributed by atoms with E-state index in [1.54, 1.807) is 31.2 Å². The Labute approximate surface area is 165 Å². The van der Waals surface area contributed by atoms with Gasteiger partial charge in [0.15, 0.2) is 5.11 Å². The van der Waals surface area contributed by atoms with Gasteiger partial charge in [-0.05, 0) is 49.5 Å². The number of thiocarbonyl (C=S) groups is 1. The third-order valence-corrected chi connectivity index (χ3v) is 3.60. The van der Waals surface area contributed by atoms with Crippen LogP contribution in [0.3, 0.4) is 0 Å². The van der Waals surface area contributed by atoms with Crippen molar-refractivity contribution in [3.05, 3.63) is 42.5 Å². The first kappa shape index (κ1) is 21.5. The number of esters is 1. The zero-order valence-electron chi connectivity index (χ0n) is 13.1. The van der Waals surface area contributed by atoms with E-state index in [1.165, 1.54) is 0 Å². The van der Waals surface area contributed by atoms with Crippen LogP contribution >= 0.6 is 47.0 Å². The molecule has 0 unspecified atom stereocenters. The molecule has 0 heterocycles. The molecule has 0 spiro atoms. The molecule has 0 saturated heterocycles. The summed E-state index contributed by atoms with van der Waals surface area (Å²) in [6.45, 7) is 5.34. The molecule has 0 saturated carbocycles. The van der Waals surface area contributed by atoms with Gasteiger partial charge in [0.2, 0.25) is 9.70 Å². The average Bonchev–Trinajstić information content (AvgIpc) is 2.54. The van der Waals surface area contributed by atoms with Gasteiger partial charge in [0.25, 0.3) is 0 Å². The molecule has 0 bridgehead atoms. The van der Waals surface area contributed by atoms with Crippen LogP contribution in [0.2, 0.25) is 0 Å². The molecule has 0 aromatic heterocycles. The average molecular weight is 425 g/mol. The number of anilines is 1. The first-order chi connectivity index (χ1) is 11.7. The van der Waals surface area contributed by atoms with Gasteiger partial charge in [-0.1, -0.05) is 41.4 Å². The zero-order valence-corrected chi connectivity index (χ0v) is 16.2. The van der Waals surface area contributed by atoms with Gasteiger partial charge in [0.1, 0.15) is 6.17 Å². The lowest BCUT2D eigenvalue weighted by atomic mass is 10.2. The molecular weight excluding hydrogens is 409 g/mol. The normalized spacial score (nSPS) is 11.8. The minimum Gasteiger partial charge on any atom is -0.462 e. The standard InChI is InChI=1S/C15H16Cl3N3O3S/c1-3-11(22)20-13(15(16,17)18)21-14(25)19-10-7-5-9(6-8-10)12(23)24-4-2/h3,5-8,13H,1,4H2,2H3,(H,20,22)(H2,19,21,25)/t13-/m1/s1. The molecular formula is C15H16Cl3N3O3S. The van der Waals surface area contributed by atoms with Crippen LogP contribution in [-0.2, 0) is 9.53 Å². The van der Waals surface area contributed by atoms with Gasteiger partial charge < -0.3 is 20.7 Å². The summed E-state index contributed by atoms with van der Waals surface area (Å²) in [5.74, 6) is -0.955. The second kappa shape index (κ2) is 9.82. The van der Waals surface area contributed by atoms with Gasteiger partial charge >= 0.3 is 5.97 Å². The van der Waals surface area contributed by atoms with E-state index in [-0.39, 0.29) is 5.11 Å². The Morgan fingerprint density at radius 1 is 1.28 bits per heavy atom. The van der Waals surface area contributed by atoms with Crippen molar-refractivity contribution in [3.63, 3.8) is 0 Å². The van der Waals surface area contributed by atoms with Crippen molar-refractivity contribution < 1.29 is 14.3 Å². The number of alkyl halides is 3.